The average molecular weight is 448 g/mol. The minimum atomic E-state index is 0.424. The molecule has 0 atom stereocenters. The van der Waals surface area contributed by atoms with E-state index in [1.807, 2.05) is 78.9 Å². The van der Waals surface area contributed by atoms with Crippen molar-refractivity contribution in [2.45, 2.75) is 0 Å². The molecule has 29 heavy (non-hydrogen) atoms. The Balaban J connectivity index is 1.49. The molecule has 0 fully saturated rings. The van der Waals surface area contributed by atoms with Crippen LogP contribution in [0.15, 0.2) is 89.7 Å². The van der Waals surface area contributed by atoms with E-state index in [0.717, 1.165) is 27.3 Å². The fraction of sp³-hybridized carbons (Fsp3) is 0. The largest absolute Gasteiger partial charge is 0.457 e. The SMILES string of the molecule is Nc1c(Nc2ccc(Oc3ccccc3)cc2)ncnc1Nc1ccccc1Br. The fourth-order valence-electron chi connectivity index (χ4n) is 2.65. The monoisotopic (exact) mass is 447 g/mol. The number of rotatable bonds is 6. The minimum Gasteiger partial charge on any atom is -0.457 e. The van der Waals surface area contributed by atoms with Gasteiger partial charge in [0.15, 0.2) is 11.6 Å². The van der Waals surface area contributed by atoms with Crippen LogP contribution in [0.5, 0.6) is 11.5 Å². The highest BCUT2D eigenvalue weighted by Crippen LogP contribution is 2.31. The average Bonchev–Trinajstić information content (AvgIpc) is 2.75. The van der Waals surface area contributed by atoms with Crippen LogP contribution in [-0.2, 0) is 0 Å². The van der Waals surface area contributed by atoms with Gasteiger partial charge in [-0.1, -0.05) is 30.3 Å². The van der Waals surface area contributed by atoms with E-state index < -0.39 is 0 Å². The van der Waals surface area contributed by atoms with Gasteiger partial charge in [0.2, 0.25) is 0 Å². The molecule has 3 aromatic carbocycles. The maximum Gasteiger partial charge on any atom is 0.159 e. The fourth-order valence-corrected chi connectivity index (χ4v) is 3.04. The number of nitrogen functional groups attached to an aromatic ring is 1. The number of hydrogen-bond donors (Lipinski definition) is 3. The molecule has 1 aromatic heterocycles. The van der Waals surface area contributed by atoms with Crippen LogP contribution in [-0.4, -0.2) is 9.97 Å². The molecule has 0 aliphatic rings. The molecule has 6 nitrogen and oxygen atoms in total. The van der Waals surface area contributed by atoms with Gasteiger partial charge in [-0.3, -0.25) is 0 Å². The number of nitrogens with two attached hydrogens (primary N) is 1. The molecule has 4 N–H and O–H groups in total. The van der Waals surface area contributed by atoms with Crippen molar-refractivity contribution in [3.8, 4) is 11.5 Å². The lowest BCUT2D eigenvalue weighted by atomic mass is 10.3. The van der Waals surface area contributed by atoms with E-state index >= 15 is 0 Å². The van der Waals surface area contributed by atoms with Crippen molar-refractivity contribution in [2.24, 2.45) is 0 Å². The van der Waals surface area contributed by atoms with Crippen LogP contribution in [0.25, 0.3) is 0 Å². The van der Waals surface area contributed by atoms with Gasteiger partial charge in [-0.15, -0.1) is 0 Å². The normalized spacial score (nSPS) is 10.4. The first-order valence-electron chi connectivity index (χ1n) is 8.91. The Morgan fingerprint density at radius 3 is 2.07 bits per heavy atom. The smallest absolute Gasteiger partial charge is 0.159 e. The Labute approximate surface area is 176 Å². The van der Waals surface area contributed by atoms with Gasteiger partial charge in [-0.2, -0.15) is 0 Å². The van der Waals surface area contributed by atoms with E-state index in [1.54, 1.807) is 0 Å². The number of para-hydroxylation sites is 2. The predicted octanol–water partition coefficient (Wildman–Crippen LogP) is 6.10. The molecular formula is C22H18BrN5O. The molecule has 0 bridgehead atoms. The number of halogens is 1. The van der Waals surface area contributed by atoms with E-state index in [2.05, 4.69) is 36.5 Å². The molecule has 0 saturated heterocycles. The number of anilines is 5. The second kappa shape index (κ2) is 8.62. The van der Waals surface area contributed by atoms with Gasteiger partial charge in [-0.05, 0) is 64.5 Å². The standard InChI is InChI=1S/C22H18BrN5O/c23-18-8-4-5-9-19(18)28-22-20(24)21(25-14-26-22)27-15-10-12-17(13-11-15)29-16-6-2-1-3-7-16/h1-14H,24H2,(H2,25,26,27,28). The van der Waals surface area contributed by atoms with Crippen molar-refractivity contribution in [2.75, 3.05) is 16.4 Å². The second-order valence-corrected chi connectivity index (χ2v) is 7.01. The van der Waals surface area contributed by atoms with E-state index in [9.17, 15) is 0 Å². The summed E-state index contributed by atoms with van der Waals surface area (Å²) in [5.74, 6) is 2.58. The number of ether oxygens (including phenoxy) is 1. The molecule has 0 spiro atoms. The van der Waals surface area contributed by atoms with Gasteiger partial charge in [0, 0.05) is 10.2 Å². The summed E-state index contributed by atoms with van der Waals surface area (Å²) in [4.78, 5) is 8.51. The summed E-state index contributed by atoms with van der Waals surface area (Å²) in [7, 11) is 0. The van der Waals surface area contributed by atoms with Crippen molar-refractivity contribution < 1.29 is 4.74 Å². The molecule has 1 heterocycles. The maximum atomic E-state index is 6.27. The van der Waals surface area contributed by atoms with Crippen molar-refractivity contribution in [1.29, 1.82) is 0 Å². The van der Waals surface area contributed by atoms with Crippen LogP contribution in [0.4, 0.5) is 28.7 Å². The van der Waals surface area contributed by atoms with Crippen LogP contribution in [0.1, 0.15) is 0 Å². The van der Waals surface area contributed by atoms with Crippen molar-refractivity contribution in [1.82, 2.24) is 9.97 Å². The maximum absolute atomic E-state index is 6.27. The van der Waals surface area contributed by atoms with Gasteiger partial charge >= 0.3 is 0 Å². The van der Waals surface area contributed by atoms with Crippen molar-refractivity contribution in [3.05, 3.63) is 89.7 Å². The second-order valence-electron chi connectivity index (χ2n) is 6.15. The van der Waals surface area contributed by atoms with E-state index in [1.165, 1.54) is 6.33 Å². The molecule has 144 valence electrons. The first kappa shape index (κ1) is 18.8. The molecule has 0 unspecified atom stereocenters. The van der Waals surface area contributed by atoms with Gasteiger partial charge < -0.3 is 21.1 Å². The summed E-state index contributed by atoms with van der Waals surface area (Å²) in [6.07, 6.45) is 1.46. The lowest BCUT2D eigenvalue weighted by Crippen LogP contribution is -2.05. The van der Waals surface area contributed by atoms with E-state index in [0.29, 0.717) is 17.3 Å². The quantitative estimate of drug-likeness (QED) is 0.331. The van der Waals surface area contributed by atoms with Crippen LogP contribution in [0.2, 0.25) is 0 Å². The highest BCUT2D eigenvalue weighted by molar-refractivity contribution is 9.10. The number of aromatic nitrogens is 2. The number of nitrogens with zero attached hydrogens (tertiary/aromatic N) is 2. The Morgan fingerprint density at radius 1 is 0.724 bits per heavy atom. The molecule has 0 aliphatic heterocycles. The summed E-state index contributed by atoms with van der Waals surface area (Å²) >= 11 is 3.51. The lowest BCUT2D eigenvalue weighted by molar-refractivity contribution is 0.483. The van der Waals surface area contributed by atoms with Gasteiger partial charge in [0.1, 0.15) is 23.5 Å². The first-order chi connectivity index (χ1) is 14.2. The van der Waals surface area contributed by atoms with Crippen LogP contribution < -0.4 is 21.1 Å². The van der Waals surface area contributed by atoms with Crippen LogP contribution in [0.3, 0.4) is 0 Å². The number of nitrogens with one attached hydrogen (secondary N) is 2. The summed E-state index contributed by atoms with van der Waals surface area (Å²) in [5.41, 5.74) is 8.40. The highest BCUT2D eigenvalue weighted by atomic mass is 79.9. The lowest BCUT2D eigenvalue weighted by Gasteiger charge is -2.13. The summed E-state index contributed by atoms with van der Waals surface area (Å²) in [5, 5.41) is 6.44. The minimum absolute atomic E-state index is 0.424. The third-order valence-electron chi connectivity index (χ3n) is 4.11. The third kappa shape index (κ3) is 4.64. The highest BCUT2D eigenvalue weighted by Gasteiger charge is 2.10. The van der Waals surface area contributed by atoms with E-state index in [4.69, 9.17) is 10.5 Å². The van der Waals surface area contributed by atoms with Gasteiger partial charge in [-0.25, -0.2) is 9.97 Å². The molecule has 4 rings (SSSR count). The van der Waals surface area contributed by atoms with Gasteiger partial charge in [0.25, 0.3) is 0 Å². The van der Waals surface area contributed by atoms with Crippen molar-refractivity contribution in [3.63, 3.8) is 0 Å². The van der Waals surface area contributed by atoms with Gasteiger partial charge in [0.05, 0.1) is 5.69 Å². The first-order valence-corrected chi connectivity index (χ1v) is 9.70. The molecule has 0 aliphatic carbocycles. The molecule has 0 amide bonds. The third-order valence-corrected chi connectivity index (χ3v) is 4.80. The topological polar surface area (TPSA) is 85.1 Å². The summed E-state index contributed by atoms with van der Waals surface area (Å²) in [6.45, 7) is 0. The molecule has 0 radical (unpaired) electrons. The van der Waals surface area contributed by atoms with Crippen molar-refractivity contribution >= 4 is 44.6 Å². The molecule has 7 heteroatoms. The zero-order valence-corrected chi connectivity index (χ0v) is 16.9. The van der Waals surface area contributed by atoms with Crippen LogP contribution >= 0.6 is 15.9 Å². The Kier molecular flexibility index (Phi) is 5.58. The summed E-state index contributed by atoms with van der Waals surface area (Å²) < 4.78 is 6.73. The Bertz CT molecular complexity index is 1100. The molecular weight excluding hydrogens is 430 g/mol. The Hall–Kier alpha value is -3.58. The zero-order valence-electron chi connectivity index (χ0n) is 15.3. The van der Waals surface area contributed by atoms with E-state index in [-0.39, 0.29) is 0 Å². The molecule has 4 aromatic rings. The Morgan fingerprint density at radius 2 is 1.34 bits per heavy atom. The number of benzene rings is 3. The summed E-state index contributed by atoms with van der Waals surface area (Å²) in [6, 6.07) is 25.0. The number of hydrogen-bond acceptors (Lipinski definition) is 6. The molecule has 0 saturated carbocycles. The predicted molar refractivity (Wildman–Crippen MR) is 120 cm³/mol. The van der Waals surface area contributed by atoms with Crippen LogP contribution in [0, 0.1) is 0 Å². The zero-order chi connectivity index (χ0) is 20.1.